The number of carbonyl (C=O) groups is 2. The van der Waals surface area contributed by atoms with Gasteiger partial charge in [0.15, 0.2) is 5.69 Å². The Bertz CT molecular complexity index is 643. The number of halogens is 1. The zero-order valence-corrected chi connectivity index (χ0v) is 9.63. The molecule has 5 nitrogen and oxygen atoms in total. The van der Waals surface area contributed by atoms with E-state index in [2.05, 4.69) is 10.3 Å². The minimum Gasteiger partial charge on any atom is -0.476 e. The van der Waals surface area contributed by atoms with E-state index in [1.54, 1.807) is 0 Å². The van der Waals surface area contributed by atoms with Crippen molar-refractivity contribution in [2.24, 2.45) is 0 Å². The maximum Gasteiger partial charge on any atom is 0.356 e. The number of nitrogens with zero attached hydrogens (tertiary/aromatic N) is 1. The number of hydrogen-bond acceptors (Lipinski definition) is 3. The van der Waals surface area contributed by atoms with E-state index in [4.69, 9.17) is 5.11 Å². The number of rotatable bonds is 3. The number of carbonyl (C=O) groups excluding carboxylic acids is 1. The minimum absolute atomic E-state index is 0.0169. The van der Waals surface area contributed by atoms with Crippen LogP contribution in [0, 0.1) is 5.82 Å². The number of pyridine rings is 1. The highest BCUT2D eigenvalue weighted by molar-refractivity contribution is 6.07. The van der Waals surface area contributed by atoms with Crippen molar-refractivity contribution < 1.29 is 19.1 Å². The molecule has 19 heavy (non-hydrogen) atoms. The molecule has 1 aromatic heterocycles. The van der Waals surface area contributed by atoms with Crippen LogP contribution in [-0.4, -0.2) is 22.0 Å². The van der Waals surface area contributed by atoms with Crippen LogP contribution in [0.2, 0.25) is 0 Å². The number of benzene rings is 1. The fourth-order valence-electron chi connectivity index (χ4n) is 1.51. The molecular weight excluding hydrogens is 251 g/mol. The van der Waals surface area contributed by atoms with Crippen LogP contribution in [0.15, 0.2) is 42.6 Å². The molecule has 2 rings (SSSR count). The summed E-state index contributed by atoms with van der Waals surface area (Å²) < 4.78 is 13.4. The minimum atomic E-state index is -1.27. The lowest BCUT2D eigenvalue weighted by atomic mass is 10.2. The Balaban J connectivity index is 2.30. The van der Waals surface area contributed by atoms with Crippen LogP contribution >= 0.6 is 0 Å². The molecule has 1 aromatic carbocycles. The number of hydrogen-bond donors (Lipinski definition) is 2. The molecule has 1 heterocycles. The Morgan fingerprint density at radius 3 is 2.58 bits per heavy atom. The third kappa shape index (κ3) is 2.74. The van der Waals surface area contributed by atoms with Gasteiger partial charge in [-0.05, 0) is 24.3 Å². The molecule has 0 saturated heterocycles. The number of carboxylic acids is 1. The summed E-state index contributed by atoms with van der Waals surface area (Å²) in [6, 6.07) is 8.29. The molecule has 0 aliphatic heterocycles. The van der Waals surface area contributed by atoms with Crippen LogP contribution in [0.4, 0.5) is 10.1 Å². The van der Waals surface area contributed by atoms with Gasteiger partial charge in [0.25, 0.3) is 5.91 Å². The summed E-state index contributed by atoms with van der Waals surface area (Å²) in [5, 5.41) is 11.2. The number of nitrogens with one attached hydrogen (secondary N) is 1. The highest BCUT2D eigenvalue weighted by atomic mass is 19.1. The van der Waals surface area contributed by atoms with Crippen LogP contribution in [0.1, 0.15) is 20.8 Å². The molecule has 6 heteroatoms. The van der Waals surface area contributed by atoms with Gasteiger partial charge in [-0.25, -0.2) is 14.2 Å². The van der Waals surface area contributed by atoms with Crippen LogP contribution in [0.3, 0.4) is 0 Å². The fourth-order valence-corrected chi connectivity index (χ4v) is 1.51. The molecule has 0 aliphatic rings. The molecule has 0 radical (unpaired) electrons. The SMILES string of the molecule is O=C(Nc1cccnc1C(=O)O)c1ccccc1F. The summed E-state index contributed by atoms with van der Waals surface area (Å²) in [6.45, 7) is 0. The van der Waals surface area contributed by atoms with Crippen molar-refractivity contribution in [3.05, 3.63) is 59.7 Å². The molecule has 0 atom stereocenters. The molecule has 0 unspecified atom stereocenters. The maximum absolute atomic E-state index is 13.4. The molecule has 0 spiro atoms. The Labute approximate surface area is 107 Å². The molecule has 2 aromatic rings. The summed E-state index contributed by atoms with van der Waals surface area (Å²) in [5.74, 6) is -2.68. The number of anilines is 1. The van der Waals surface area contributed by atoms with Crippen molar-refractivity contribution >= 4 is 17.6 Å². The maximum atomic E-state index is 13.4. The lowest BCUT2D eigenvalue weighted by Gasteiger charge is -2.07. The Morgan fingerprint density at radius 2 is 1.89 bits per heavy atom. The first-order chi connectivity index (χ1) is 9.09. The van der Waals surface area contributed by atoms with E-state index in [0.29, 0.717) is 0 Å². The van der Waals surface area contributed by atoms with Crippen molar-refractivity contribution in [2.75, 3.05) is 5.32 Å². The van der Waals surface area contributed by atoms with Gasteiger partial charge in [-0.1, -0.05) is 12.1 Å². The lowest BCUT2D eigenvalue weighted by molar-refractivity contribution is 0.0692. The first-order valence-electron chi connectivity index (χ1n) is 5.34. The van der Waals surface area contributed by atoms with Gasteiger partial charge in [-0.3, -0.25) is 4.79 Å². The van der Waals surface area contributed by atoms with E-state index in [1.165, 1.54) is 36.5 Å². The predicted molar refractivity (Wildman–Crippen MR) is 65.5 cm³/mol. The van der Waals surface area contributed by atoms with Crippen molar-refractivity contribution in [2.45, 2.75) is 0 Å². The largest absolute Gasteiger partial charge is 0.476 e. The van der Waals surface area contributed by atoms with Crippen molar-refractivity contribution in [3.63, 3.8) is 0 Å². The highest BCUT2D eigenvalue weighted by Gasteiger charge is 2.16. The smallest absolute Gasteiger partial charge is 0.356 e. The third-order valence-electron chi connectivity index (χ3n) is 2.38. The molecular formula is C13H9FN2O3. The summed E-state index contributed by atoms with van der Waals surface area (Å²) >= 11 is 0. The quantitative estimate of drug-likeness (QED) is 0.886. The summed E-state index contributed by atoms with van der Waals surface area (Å²) in [7, 11) is 0. The van der Waals surface area contributed by atoms with Gasteiger partial charge in [0, 0.05) is 6.20 Å². The monoisotopic (exact) mass is 260 g/mol. The normalized spacial score (nSPS) is 9.95. The van der Waals surface area contributed by atoms with Gasteiger partial charge < -0.3 is 10.4 Å². The van der Waals surface area contributed by atoms with Crippen molar-refractivity contribution in [1.82, 2.24) is 4.98 Å². The van der Waals surface area contributed by atoms with E-state index in [0.717, 1.165) is 6.07 Å². The van der Waals surface area contributed by atoms with E-state index >= 15 is 0 Å². The molecule has 0 fully saturated rings. The summed E-state index contributed by atoms with van der Waals surface area (Å²) in [6.07, 6.45) is 1.29. The molecule has 1 amide bonds. The van der Waals surface area contributed by atoms with Gasteiger partial charge in [0.05, 0.1) is 11.3 Å². The second kappa shape index (κ2) is 5.26. The fraction of sp³-hybridized carbons (Fsp3) is 0. The van der Waals surface area contributed by atoms with E-state index in [9.17, 15) is 14.0 Å². The average molecular weight is 260 g/mol. The second-order valence-electron chi connectivity index (χ2n) is 3.64. The van der Waals surface area contributed by atoms with Gasteiger partial charge >= 0.3 is 5.97 Å². The van der Waals surface area contributed by atoms with Crippen molar-refractivity contribution in [1.29, 1.82) is 0 Å². The topological polar surface area (TPSA) is 79.3 Å². The van der Waals surface area contributed by atoms with Crippen LogP contribution in [-0.2, 0) is 0 Å². The molecule has 0 saturated carbocycles. The number of carboxylic acid groups (broad SMARTS) is 1. The predicted octanol–water partition coefficient (Wildman–Crippen LogP) is 2.17. The molecule has 96 valence electrons. The Kier molecular flexibility index (Phi) is 3.51. The van der Waals surface area contributed by atoms with Gasteiger partial charge in [-0.15, -0.1) is 0 Å². The number of amides is 1. The van der Waals surface area contributed by atoms with Crippen LogP contribution in [0.5, 0.6) is 0 Å². The first-order valence-corrected chi connectivity index (χ1v) is 5.34. The number of aromatic nitrogens is 1. The van der Waals surface area contributed by atoms with Gasteiger partial charge in [0.1, 0.15) is 5.82 Å². The zero-order valence-electron chi connectivity index (χ0n) is 9.63. The van der Waals surface area contributed by atoms with Crippen LogP contribution < -0.4 is 5.32 Å². The van der Waals surface area contributed by atoms with Crippen LogP contribution in [0.25, 0.3) is 0 Å². The number of aromatic carboxylic acids is 1. The standard InChI is InChI=1S/C13H9FN2O3/c14-9-5-2-1-4-8(9)12(17)16-10-6-3-7-15-11(10)13(18)19/h1-7H,(H,16,17)(H,18,19). The molecule has 0 bridgehead atoms. The highest BCUT2D eigenvalue weighted by Crippen LogP contribution is 2.15. The summed E-state index contributed by atoms with van der Waals surface area (Å²) in [5.41, 5.74) is -0.446. The zero-order chi connectivity index (χ0) is 13.8. The van der Waals surface area contributed by atoms with E-state index in [-0.39, 0.29) is 16.9 Å². The van der Waals surface area contributed by atoms with Crippen molar-refractivity contribution in [3.8, 4) is 0 Å². The Morgan fingerprint density at radius 1 is 1.16 bits per heavy atom. The Hall–Kier alpha value is -2.76. The van der Waals surface area contributed by atoms with E-state index < -0.39 is 17.7 Å². The summed E-state index contributed by atoms with van der Waals surface area (Å²) in [4.78, 5) is 26.4. The van der Waals surface area contributed by atoms with Gasteiger partial charge in [0.2, 0.25) is 0 Å². The second-order valence-corrected chi connectivity index (χ2v) is 3.64. The van der Waals surface area contributed by atoms with Gasteiger partial charge in [-0.2, -0.15) is 0 Å². The molecule has 2 N–H and O–H groups in total. The lowest BCUT2D eigenvalue weighted by Crippen LogP contribution is -2.16. The average Bonchev–Trinajstić information content (AvgIpc) is 2.39. The molecule has 0 aliphatic carbocycles. The van der Waals surface area contributed by atoms with E-state index in [1.807, 2.05) is 0 Å². The first kappa shape index (κ1) is 12.7. The third-order valence-corrected chi connectivity index (χ3v) is 2.38.